The van der Waals surface area contributed by atoms with Crippen LogP contribution in [-0.4, -0.2) is 37.5 Å². The van der Waals surface area contributed by atoms with Crippen molar-refractivity contribution in [3.05, 3.63) is 261 Å². The van der Waals surface area contributed by atoms with E-state index in [2.05, 4.69) is 215 Å². The van der Waals surface area contributed by atoms with E-state index in [-0.39, 0.29) is 6.71 Å². The highest BCUT2D eigenvalue weighted by atomic mass is 31.1. The number of benzene rings is 10. The monoisotopic (exact) mass is 1010 g/mol. The molecule has 0 spiro atoms. The molecule has 0 unspecified atom stereocenters. The predicted octanol–water partition coefficient (Wildman–Crippen LogP) is 15.4. The fourth-order valence-corrected chi connectivity index (χ4v) is 12.5. The molecular weight excluding hydrogens is 969 g/mol. The zero-order chi connectivity index (χ0) is 51.7. The summed E-state index contributed by atoms with van der Waals surface area (Å²) in [7, 11) is 0.891. The number of para-hydroxylation sites is 4. The van der Waals surface area contributed by atoms with Crippen LogP contribution in [0.4, 0.5) is 28.4 Å². The number of hydrogen-bond donors (Lipinski definition) is 0. The molecule has 9 heteroatoms. The highest BCUT2D eigenvalue weighted by Gasteiger charge is 2.42. The highest BCUT2D eigenvalue weighted by Crippen LogP contribution is 2.46. The van der Waals surface area contributed by atoms with Crippen molar-refractivity contribution in [1.29, 1.82) is 0 Å². The second-order valence-corrected chi connectivity index (χ2v) is 20.4. The van der Waals surface area contributed by atoms with Crippen LogP contribution in [0.15, 0.2) is 261 Å². The van der Waals surface area contributed by atoms with Gasteiger partial charge in [0.15, 0.2) is 11.6 Å². The summed E-state index contributed by atoms with van der Waals surface area (Å²) in [6, 6.07) is 90.5. The van der Waals surface area contributed by atoms with Crippen molar-refractivity contribution in [2.24, 2.45) is 0 Å². The van der Waals surface area contributed by atoms with Crippen molar-refractivity contribution in [2.75, 3.05) is 9.57 Å². The summed E-state index contributed by atoms with van der Waals surface area (Å²) in [6.07, 6.45) is 6.35. The molecule has 0 atom stereocenters. The minimum absolute atomic E-state index is 0.0580. The van der Waals surface area contributed by atoms with Gasteiger partial charge < -0.3 is 9.47 Å². The Labute approximate surface area is 454 Å². The topological polar surface area (TPSA) is 63.0 Å². The van der Waals surface area contributed by atoms with E-state index in [1.54, 1.807) is 0 Å². The average Bonchev–Trinajstić information content (AvgIpc) is 3.99. The van der Waals surface area contributed by atoms with Gasteiger partial charge in [-0.3, -0.25) is 4.67 Å². The Kier molecular flexibility index (Phi) is 10.9. The van der Waals surface area contributed by atoms with E-state index in [1.807, 2.05) is 66.9 Å². The van der Waals surface area contributed by atoms with Crippen LogP contribution < -0.4 is 26.0 Å². The van der Waals surface area contributed by atoms with Crippen molar-refractivity contribution >= 4 is 88.0 Å². The Bertz CT molecular complexity index is 4430. The standard InChI is InChI=1S/C69H45BN7P/c1-78-77-64-33-19-16-30-57(64)70-56-29-15-18-32-63(56)75(50-26-12-5-13-27-50)65-41-49(42-66(77)67(65)70)48-34-37-62-54(40-48)52-28-14-17-31-61(52)76(62)51-35-36-53(55(43-51)68-71-39-38-58(72-68)45-20-6-2-7-21-45)69-73-59(46-22-8-3-9-23-46)44-60(74-69)47-24-10-4-11-25-47/h2-44H,1H2. The van der Waals surface area contributed by atoms with Crippen LogP contribution in [0.1, 0.15) is 0 Å². The largest absolute Gasteiger partial charge is 0.311 e. The molecule has 2 aliphatic heterocycles. The molecule has 5 heterocycles. The third kappa shape index (κ3) is 7.48. The summed E-state index contributed by atoms with van der Waals surface area (Å²) in [4.78, 5) is 23.4. The molecule has 15 rings (SSSR count). The molecule has 3 aromatic heterocycles. The van der Waals surface area contributed by atoms with Gasteiger partial charge in [0.2, 0.25) is 0 Å². The summed E-state index contributed by atoms with van der Waals surface area (Å²) >= 11 is 0. The number of anilines is 5. The third-order valence-electron chi connectivity index (χ3n) is 15.4. The molecule has 10 aromatic carbocycles. The summed E-state index contributed by atoms with van der Waals surface area (Å²) in [5, 5.41) is 2.30. The van der Waals surface area contributed by atoms with E-state index in [4.69, 9.17) is 19.9 Å². The molecule has 7 nitrogen and oxygen atoms in total. The van der Waals surface area contributed by atoms with Gasteiger partial charge in [-0.25, -0.2) is 19.9 Å². The van der Waals surface area contributed by atoms with E-state index in [0.717, 1.165) is 97.6 Å². The number of nitrogens with zero attached hydrogens (tertiary/aromatic N) is 7. The fourth-order valence-electron chi connectivity index (χ4n) is 11.9. The number of rotatable bonds is 9. The van der Waals surface area contributed by atoms with Gasteiger partial charge in [0, 0.05) is 87.3 Å². The minimum Gasteiger partial charge on any atom is -0.311 e. The molecule has 0 fully saturated rings. The van der Waals surface area contributed by atoms with E-state index in [0.29, 0.717) is 11.6 Å². The molecule has 0 saturated carbocycles. The fraction of sp³-hybridized carbons (Fsp3) is 0. The molecule has 78 heavy (non-hydrogen) atoms. The van der Waals surface area contributed by atoms with Crippen LogP contribution in [0.25, 0.3) is 95.2 Å². The SMILES string of the molecule is C=PN1c2ccccc2B2c3ccccc3N(c3ccccc3)c3cc(-c4ccc5c(c4)c4ccccc4n5-c4ccc(-c5nc(-c6ccccc6)cc(-c6ccccc6)n5)c(-c5nccc(-c6ccccc6)n5)c4)cc1c32. The normalized spacial score (nSPS) is 12.4. The van der Waals surface area contributed by atoms with Crippen LogP contribution in [0.2, 0.25) is 0 Å². The molecule has 0 saturated heterocycles. The zero-order valence-corrected chi connectivity index (χ0v) is 43.1. The van der Waals surface area contributed by atoms with E-state index >= 15 is 0 Å². The molecule has 13 aromatic rings. The van der Waals surface area contributed by atoms with Gasteiger partial charge in [-0.2, -0.15) is 0 Å². The van der Waals surface area contributed by atoms with Crippen molar-refractivity contribution in [3.8, 4) is 73.4 Å². The number of hydrogen-bond acceptors (Lipinski definition) is 6. The molecule has 0 bridgehead atoms. The molecule has 2 aliphatic rings. The molecular formula is C69H45BN7P. The van der Waals surface area contributed by atoms with Gasteiger partial charge in [-0.05, 0) is 112 Å². The maximum atomic E-state index is 5.31. The Morgan fingerprint density at radius 3 is 1.65 bits per heavy atom. The molecule has 0 amide bonds. The van der Waals surface area contributed by atoms with Gasteiger partial charge in [0.05, 0.1) is 28.1 Å². The highest BCUT2D eigenvalue weighted by molar-refractivity contribution is 7.39. The van der Waals surface area contributed by atoms with Crippen molar-refractivity contribution in [1.82, 2.24) is 24.5 Å². The summed E-state index contributed by atoms with van der Waals surface area (Å²) in [6.45, 7) is 0.0580. The molecule has 364 valence electrons. The van der Waals surface area contributed by atoms with Crippen LogP contribution in [0, 0.1) is 0 Å². The van der Waals surface area contributed by atoms with Crippen molar-refractivity contribution in [2.45, 2.75) is 0 Å². The quantitative estimate of drug-likeness (QED) is 0.106. The molecule has 0 aliphatic carbocycles. The first-order chi connectivity index (χ1) is 38.6. The zero-order valence-electron chi connectivity index (χ0n) is 42.2. The number of aromatic nitrogens is 5. The van der Waals surface area contributed by atoms with E-state index in [1.165, 1.54) is 39.1 Å². The Morgan fingerprint density at radius 1 is 0.372 bits per heavy atom. The first-order valence-corrected chi connectivity index (χ1v) is 27.2. The number of fused-ring (bicyclic) bond motifs is 7. The Balaban J connectivity index is 0.930. The van der Waals surface area contributed by atoms with Gasteiger partial charge in [0.25, 0.3) is 6.71 Å². The second kappa shape index (κ2) is 18.7. The van der Waals surface area contributed by atoms with Crippen LogP contribution in [-0.2, 0) is 0 Å². The van der Waals surface area contributed by atoms with Crippen molar-refractivity contribution < 1.29 is 0 Å². The van der Waals surface area contributed by atoms with Gasteiger partial charge in [-0.1, -0.05) is 176 Å². The maximum absolute atomic E-state index is 5.31. The minimum atomic E-state index is 0.0580. The predicted molar refractivity (Wildman–Crippen MR) is 327 cm³/mol. The van der Waals surface area contributed by atoms with Crippen molar-refractivity contribution in [3.63, 3.8) is 0 Å². The second-order valence-electron chi connectivity index (χ2n) is 19.7. The summed E-state index contributed by atoms with van der Waals surface area (Å²) < 4.78 is 4.75. The average molecular weight is 1010 g/mol. The Hall–Kier alpha value is -10.0. The lowest BCUT2D eigenvalue weighted by Gasteiger charge is -2.43. The van der Waals surface area contributed by atoms with Crippen LogP contribution >= 0.6 is 8.35 Å². The molecule has 0 radical (unpaired) electrons. The van der Waals surface area contributed by atoms with Crippen LogP contribution in [0.3, 0.4) is 0 Å². The lowest BCUT2D eigenvalue weighted by atomic mass is 9.33. The first kappa shape index (κ1) is 45.4. The smallest absolute Gasteiger partial charge is 0.252 e. The lowest BCUT2D eigenvalue weighted by molar-refractivity contribution is 1.14. The summed E-state index contributed by atoms with van der Waals surface area (Å²) in [5.74, 6) is 1.16. The summed E-state index contributed by atoms with van der Waals surface area (Å²) in [5.41, 5.74) is 22.2. The van der Waals surface area contributed by atoms with Crippen LogP contribution in [0.5, 0.6) is 0 Å². The lowest BCUT2D eigenvalue weighted by Crippen LogP contribution is -2.61. The maximum Gasteiger partial charge on any atom is 0.252 e. The first-order valence-electron chi connectivity index (χ1n) is 26.2. The molecule has 0 N–H and O–H groups in total. The van der Waals surface area contributed by atoms with E-state index in [9.17, 15) is 0 Å². The third-order valence-corrected chi connectivity index (χ3v) is 16.1. The Morgan fingerprint density at radius 2 is 0.949 bits per heavy atom. The van der Waals surface area contributed by atoms with E-state index < -0.39 is 0 Å². The van der Waals surface area contributed by atoms with Gasteiger partial charge >= 0.3 is 0 Å². The van der Waals surface area contributed by atoms with Gasteiger partial charge in [0.1, 0.15) is 0 Å². The van der Waals surface area contributed by atoms with Gasteiger partial charge in [-0.15, -0.1) is 0 Å².